The van der Waals surface area contributed by atoms with E-state index in [0.29, 0.717) is 5.57 Å². The molecular formula is C21H16BrFN2. The molecule has 0 saturated heterocycles. The molecule has 124 valence electrons. The van der Waals surface area contributed by atoms with Gasteiger partial charge in [-0.2, -0.15) is 5.26 Å². The third kappa shape index (κ3) is 3.57. The van der Waals surface area contributed by atoms with E-state index in [1.807, 2.05) is 50.3 Å². The summed E-state index contributed by atoms with van der Waals surface area (Å²) in [6.45, 7) is 4.00. The van der Waals surface area contributed by atoms with E-state index in [2.05, 4.69) is 26.6 Å². The number of halogens is 2. The van der Waals surface area contributed by atoms with Gasteiger partial charge in [-0.05, 0) is 73.5 Å². The zero-order valence-corrected chi connectivity index (χ0v) is 15.5. The molecule has 0 saturated carbocycles. The second kappa shape index (κ2) is 7.08. The van der Waals surface area contributed by atoms with Crippen molar-refractivity contribution in [1.82, 2.24) is 4.57 Å². The van der Waals surface area contributed by atoms with E-state index in [9.17, 15) is 9.65 Å². The first-order valence-corrected chi connectivity index (χ1v) is 8.61. The Labute approximate surface area is 155 Å². The SMILES string of the molecule is Cc1cc(/C=C(/C#N)c2cccc(Br)c2)c(C)n1-c1ccc(F)cc1. The molecule has 0 bridgehead atoms. The van der Waals surface area contributed by atoms with E-state index < -0.39 is 0 Å². The normalized spacial score (nSPS) is 11.4. The zero-order valence-electron chi connectivity index (χ0n) is 13.9. The fourth-order valence-electron chi connectivity index (χ4n) is 2.91. The minimum atomic E-state index is -0.257. The summed E-state index contributed by atoms with van der Waals surface area (Å²) in [6.07, 6.45) is 1.89. The molecule has 25 heavy (non-hydrogen) atoms. The van der Waals surface area contributed by atoms with Crippen LogP contribution >= 0.6 is 15.9 Å². The van der Waals surface area contributed by atoms with Crippen LogP contribution in [0.15, 0.2) is 59.1 Å². The molecule has 2 aromatic carbocycles. The Morgan fingerprint density at radius 1 is 1.12 bits per heavy atom. The fourth-order valence-corrected chi connectivity index (χ4v) is 3.31. The second-order valence-corrected chi connectivity index (χ2v) is 6.73. The molecule has 3 rings (SSSR count). The average Bonchev–Trinajstić information content (AvgIpc) is 2.87. The van der Waals surface area contributed by atoms with Crippen molar-refractivity contribution in [2.75, 3.05) is 0 Å². The predicted octanol–water partition coefficient (Wildman–Crippen LogP) is 6.06. The number of nitrogens with zero attached hydrogens (tertiary/aromatic N) is 2. The van der Waals surface area contributed by atoms with Crippen molar-refractivity contribution in [1.29, 1.82) is 5.26 Å². The van der Waals surface area contributed by atoms with Gasteiger partial charge in [-0.25, -0.2) is 4.39 Å². The first-order valence-electron chi connectivity index (χ1n) is 7.82. The lowest BCUT2D eigenvalue weighted by atomic mass is 10.0. The molecule has 1 heterocycles. The molecule has 4 heteroatoms. The van der Waals surface area contributed by atoms with Gasteiger partial charge in [0, 0.05) is 21.5 Å². The van der Waals surface area contributed by atoms with Crippen molar-refractivity contribution in [3.8, 4) is 11.8 Å². The number of hydrogen-bond donors (Lipinski definition) is 0. The first kappa shape index (κ1) is 17.2. The van der Waals surface area contributed by atoms with Crippen LogP contribution in [-0.4, -0.2) is 4.57 Å². The lowest BCUT2D eigenvalue weighted by Gasteiger charge is -2.09. The van der Waals surface area contributed by atoms with Crippen LogP contribution in [0.2, 0.25) is 0 Å². The summed E-state index contributed by atoms with van der Waals surface area (Å²) in [5.74, 6) is -0.257. The Kier molecular flexibility index (Phi) is 4.87. The number of aromatic nitrogens is 1. The van der Waals surface area contributed by atoms with Crippen molar-refractivity contribution in [2.45, 2.75) is 13.8 Å². The molecule has 3 aromatic rings. The van der Waals surface area contributed by atoms with Gasteiger partial charge in [0.1, 0.15) is 5.82 Å². The molecular weight excluding hydrogens is 379 g/mol. The van der Waals surface area contributed by atoms with Crippen LogP contribution in [0.25, 0.3) is 17.3 Å². The summed E-state index contributed by atoms with van der Waals surface area (Å²) in [5, 5.41) is 9.56. The first-order chi connectivity index (χ1) is 12.0. The summed E-state index contributed by atoms with van der Waals surface area (Å²) < 4.78 is 16.2. The number of allylic oxidation sites excluding steroid dienone is 1. The van der Waals surface area contributed by atoms with Crippen molar-refractivity contribution in [2.24, 2.45) is 0 Å². The third-order valence-electron chi connectivity index (χ3n) is 4.11. The quantitative estimate of drug-likeness (QED) is 0.496. The lowest BCUT2D eigenvalue weighted by molar-refractivity contribution is 0.627. The molecule has 0 aliphatic carbocycles. The summed E-state index contributed by atoms with van der Waals surface area (Å²) in [4.78, 5) is 0. The molecule has 2 nitrogen and oxygen atoms in total. The van der Waals surface area contributed by atoms with Gasteiger partial charge >= 0.3 is 0 Å². The summed E-state index contributed by atoms with van der Waals surface area (Å²) in [6, 6.07) is 18.4. The van der Waals surface area contributed by atoms with Gasteiger partial charge in [0.15, 0.2) is 0 Å². The highest BCUT2D eigenvalue weighted by Crippen LogP contribution is 2.26. The minimum Gasteiger partial charge on any atom is -0.318 e. The highest BCUT2D eigenvalue weighted by molar-refractivity contribution is 9.10. The maximum absolute atomic E-state index is 13.2. The number of nitriles is 1. The Morgan fingerprint density at radius 2 is 1.84 bits per heavy atom. The predicted molar refractivity (Wildman–Crippen MR) is 103 cm³/mol. The van der Waals surface area contributed by atoms with Crippen LogP contribution in [0.1, 0.15) is 22.5 Å². The van der Waals surface area contributed by atoms with Gasteiger partial charge in [-0.15, -0.1) is 0 Å². The van der Waals surface area contributed by atoms with E-state index in [0.717, 1.165) is 32.7 Å². The standard InChI is InChI=1S/C21H16BrFN2/c1-14-10-17(11-18(13-24)16-4-3-5-19(22)12-16)15(2)25(14)21-8-6-20(23)7-9-21/h3-12H,1-2H3/b18-11-. The molecule has 0 spiro atoms. The number of rotatable bonds is 3. The van der Waals surface area contributed by atoms with Crippen LogP contribution in [0.3, 0.4) is 0 Å². The maximum Gasteiger partial charge on any atom is 0.123 e. The van der Waals surface area contributed by atoms with E-state index in [-0.39, 0.29) is 5.82 Å². The van der Waals surface area contributed by atoms with Crippen LogP contribution in [-0.2, 0) is 0 Å². The lowest BCUT2D eigenvalue weighted by Crippen LogP contribution is -1.99. The minimum absolute atomic E-state index is 0.257. The van der Waals surface area contributed by atoms with Crippen molar-refractivity contribution < 1.29 is 4.39 Å². The fraction of sp³-hybridized carbons (Fsp3) is 0.0952. The Hall–Kier alpha value is -2.64. The summed E-state index contributed by atoms with van der Waals surface area (Å²) in [5.41, 5.74) is 5.37. The van der Waals surface area contributed by atoms with Crippen molar-refractivity contribution in [3.05, 3.63) is 87.4 Å². The van der Waals surface area contributed by atoms with Crippen LogP contribution in [0.4, 0.5) is 4.39 Å². The molecule has 0 aliphatic heterocycles. The smallest absolute Gasteiger partial charge is 0.123 e. The molecule has 0 atom stereocenters. The second-order valence-electron chi connectivity index (χ2n) is 5.82. The van der Waals surface area contributed by atoms with Gasteiger partial charge in [-0.3, -0.25) is 0 Å². The molecule has 0 N–H and O–H groups in total. The van der Waals surface area contributed by atoms with Crippen LogP contribution in [0.5, 0.6) is 0 Å². The van der Waals surface area contributed by atoms with E-state index >= 15 is 0 Å². The molecule has 0 unspecified atom stereocenters. The Balaban J connectivity index is 2.08. The largest absolute Gasteiger partial charge is 0.318 e. The number of hydrogen-bond acceptors (Lipinski definition) is 1. The van der Waals surface area contributed by atoms with Crippen molar-refractivity contribution in [3.63, 3.8) is 0 Å². The molecule has 0 amide bonds. The monoisotopic (exact) mass is 394 g/mol. The van der Waals surface area contributed by atoms with E-state index in [1.54, 1.807) is 12.1 Å². The number of aryl methyl sites for hydroxylation is 1. The van der Waals surface area contributed by atoms with Gasteiger partial charge < -0.3 is 4.57 Å². The number of benzene rings is 2. The highest BCUT2D eigenvalue weighted by Gasteiger charge is 2.11. The maximum atomic E-state index is 13.2. The van der Waals surface area contributed by atoms with Gasteiger partial charge in [-0.1, -0.05) is 28.1 Å². The van der Waals surface area contributed by atoms with Crippen LogP contribution < -0.4 is 0 Å². The Bertz CT molecular complexity index is 992. The van der Waals surface area contributed by atoms with Gasteiger partial charge in [0.2, 0.25) is 0 Å². The summed E-state index contributed by atoms with van der Waals surface area (Å²) >= 11 is 3.44. The Morgan fingerprint density at radius 3 is 2.48 bits per heavy atom. The van der Waals surface area contributed by atoms with Gasteiger partial charge in [0.05, 0.1) is 11.6 Å². The van der Waals surface area contributed by atoms with Crippen molar-refractivity contribution >= 4 is 27.6 Å². The van der Waals surface area contributed by atoms with E-state index in [4.69, 9.17) is 0 Å². The van der Waals surface area contributed by atoms with Crippen LogP contribution in [0, 0.1) is 31.0 Å². The third-order valence-corrected chi connectivity index (χ3v) is 4.60. The molecule has 0 fully saturated rings. The zero-order chi connectivity index (χ0) is 18.0. The highest BCUT2D eigenvalue weighted by atomic mass is 79.9. The molecule has 0 aliphatic rings. The topological polar surface area (TPSA) is 28.7 Å². The van der Waals surface area contributed by atoms with E-state index in [1.165, 1.54) is 12.1 Å². The molecule has 0 radical (unpaired) electrons. The summed E-state index contributed by atoms with van der Waals surface area (Å²) in [7, 11) is 0. The molecule has 1 aromatic heterocycles. The average molecular weight is 395 g/mol. The van der Waals surface area contributed by atoms with Gasteiger partial charge in [0.25, 0.3) is 0 Å².